The van der Waals surface area contributed by atoms with E-state index in [-0.39, 0.29) is 11.8 Å². The van der Waals surface area contributed by atoms with Gasteiger partial charge in [0.2, 0.25) is 5.91 Å². The molecule has 0 aliphatic carbocycles. The van der Waals surface area contributed by atoms with Gasteiger partial charge in [0, 0.05) is 31.2 Å². The van der Waals surface area contributed by atoms with Crippen molar-refractivity contribution in [2.75, 3.05) is 18.0 Å². The molecule has 2 aromatic rings. The Balaban J connectivity index is 1.89. The summed E-state index contributed by atoms with van der Waals surface area (Å²) < 4.78 is 0. The lowest BCUT2D eigenvalue weighted by molar-refractivity contribution is -0.121. The van der Waals surface area contributed by atoms with Crippen LogP contribution < -0.4 is 10.6 Å². The highest BCUT2D eigenvalue weighted by atomic mass is 16.1. The van der Waals surface area contributed by atoms with E-state index in [1.54, 1.807) is 12.4 Å². The number of nitrogens with two attached hydrogens (primary N) is 1. The number of aromatic nitrogens is 2. The Hall–Kier alpha value is -2.17. The summed E-state index contributed by atoms with van der Waals surface area (Å²) in [6.07, 6.45) is 4.19. The molecule has 1 amide bonds. The fraction of sp³-hybridized carbons (Fsp3) is 0.308. The van der Waals surface area contributed by atoms with Gasteiger partial charge in [0.05, 0.1) is 17.0 Å². The molecule has 0 radical (unpaired) electrons. The van der Waals surface area contributed by atoms with Gasteiger partial charge in [-0.05, 0) is 24.6 Å². The highest BCUT2D eigenvalue weighted by molar-refractivity contribution is 5.80. The standard InChI is InChI=1S/C13H14N4O/c14-13(18)9-3-6-17(8-9)10-1-2-11-12(7-10)16-5-4-15-11/h1-2,4-5,7,9H,3,6,8H2,(H2,14,18)/t9-/m1/s1. The van der Waals surface area contributed by atoms with Crippen molar-refractivity contribution in [1.82, 2.24) is 9.97 Å². The highest BCUT2D eigenvalue weighted by Crippen LogP contribution is 2.25. The third kappa shape index (κ3) is 1.88. The zero-order valence-electron chi connectivity index (χ0n) is 9.91. The van der Waals surface area contributed by atoms with E-state index in [0.29, 0.717) is 6.54 Å². The fourth-order valence-electron chi connectivity index (χ4n) is 2.38. The molecule has 0 spiro atoms. The van der Waals surface area contributed by atoms with Crippen molar-refractivity contribution in [3.8, 4) is 0 Å². The Morgan fingerprint density at radius 3 is 2.78 bits per heavy atom. The van der Waals surface area contributed by atoms with Crippen molar-refractivity contribution in [2.45, 2.75) is 6.42 Å². The first kappa shape index (κ1) is 11.0. The Bertz CT molecular complexity index is 598. The topological polar surface area (TPSA) is 72.1 Å². The van der Waals surface area contributed by atoms with Gasteiger partial charge >= 0.3 is 0 Å². The normalized spacial score (nSPS) is 19.3. The second-order valence-corrected chi connectivity index (χ2v) is 4.56. The number of hydrogen-bond acceptors (Lipinski definition) is 4. The number of nitrogens with zero attached hydrogens (tertiary/aromatic N) is 3. The van der Waals surface area contributed by atoms with Crippen LogP contribution in [0.1, 0.15) is 6.42 Å². The zero-order valence-corrected chi connectivity index (χ0v) is 9.91. The first-order valence-corrected chi connectivity index (χ1v) is 5.99. The summed E-state index contributed by atoms with van der Waals surface area (Å²) in [5.74, 6) is -0.249. The third-order valence-electron chi connectivity index (χ3n) is 3.41. The van der Waals surface area contributed by atoms with Crippen LogP contribution in [0.2, 0.25) is 0 Å². The van der Waals surface area contributed by atoms with E-state index in [1.165, 1.54) is 0 Å². The first-order chi connectivity index (χ1) is 8.74. The molecule has 1 aromatic carbocycles. The van der Waals surface area contributed by atoms with Crippen molar-refractivity contribution >= 4 is 22.6 Å². The van der Waals surface area contributed by atoms with E-state index in [2.05, 4.69) is 14.9 Å². The van der Waals surface area contributed by atoms with E-state index >= 15 is 0 Å². The average Bonchev–Trinajstić information content (AvgIpc) is 2.88. The molecular weight excluding hydrogens is 228 g/mol. The Kier molecular flexibility index (Phi) is 2.59. The maximum Gasteiger partial charge on any atom is 0.222 e. The molecular formula is C13H14N4O. The molecule has 1 fully saturated rings. The Labute approximate surface area is 105 Å². The molecule has 0 saturated carbocycles. The molecule has 0 bridgehead atoms. The lowest BCUT2D eigenvalue weighted by atomic mass is 10.1. The number of hydrogen-bond donors (Lipinski definition) is 1. The van der Waals surface area contributed by atoms with Crippen LogP contribution in [0.25, 0.3) is 11.0 Å². The number of amides is 1. The molecule has 92 valence electrons. The summed E-state index contributed by atoms with van der Waals surface area (Å²) in [4.78, 5) is 21.9. The van der Waals surface area contributed by atoms with Gasteiger partial charge in [0.25, 0.3) is 0 Å². The molecule has 5 heteroatoms. The predicted molar refractivity (Wildman–Crippen MR) is 69.1 cm³/mol. The van der Waals surface area contributed by atoms with Gasteiger partial charge in [0.1, 0.15) is 0 Å². The quantitative estimate of drug-likeness (QED) is 0.850. The smallest absolute Gasteiger partial charge is 0.222 e. The highest BCUT2D eigenvalue weighted by Gasteiger charge is 2.26. The van der Waals surface area contributed by atoms with Crippen LogP contribution in [-0.4, -0.2) is 29.0 Å². The molecule has 5 nitrogen and oxygen atoms in total. The van der Waals surface area contributed by atoms with Gasteiger partial charge in [-0.3, -0.25) is 14.8 Å². The van der Waals surface area contributed by atoms with Gasteiger partial charge in [-0.2, -0.15) is 0 Å². The van der Waals surface area contributed by atoms with Gasteiger partial charge in [-0.15, -0.1) is 0 Å². The van der Waals surface area contributed by atoms with Crippen LogP contribution >= 0.6 is 0 Å². The monoisotopic (exact) mass is 242 g/mol. The van der Waals surface area contributed by atoms with E-state index in [1.807, 2.05) is 18.2 Å². The van der Waals surface area contributed by atoms with Crippen LogP contribution in [0.3, 0.4) is 0 Å². The number of fused-ring (bicyclic) bond motifs is 1. The Morgan fingerprint density at radius 2 is 2.06 bits per heavy atom. The van der Waals surface area contributed by atoms with Gasteiger partial charge in [0.15, 0.2) is 0 Å². The number of primary amides is 1. The summed E-state index contributed by atoms with van der Waals surface area (Å²) in [7, 11) is 0. The van der Waals surface area contributed by atoms with E-state index in [9.17, 15) is 4.79 Å². The summed E-state index contributed by atoms with van der Waals surface area (Å²) in [5.41, 5.74) is 8.17. The fourth-order valence-corrected chi connectivity index (χ4v) is 2.38. The van der Waals surface area contributed by atoms with Gasteiger partial charge < -0.3 is 10.6 Å². The average molecular weight is 242 g/mol. The summed E-state index contributed by atoms with van der Waals surface area (Å²) >= 11 is 0. The molecule has 3 rings (SSSR count). The lowest BCUT2D eigenvalue weighted by Gasteiger charge is -2.18. The molecule has 1 atom stereocenters. The van der Waals surface area contributed by atoms with Crippen molar-refractivity contribution in [2.24, 2.45) is 11.7 Å². The predicted octanol–water partition coefficient (Wildman–Crippen LogP) is 0.941. The number of benzene rings is 1. The first-order valence-electron chi connectivity index (χ1n) is 5.99. The van der Waals surface area contributed by atoms with Gasteiger partial charge in [-0.25, -0.2) is 0 Å². The molecule has 1 aromatic heterocycles. The van der Waals surface area contributed by atoms with Crippen LogP contribution in [0.4, 0.5) is 5.69 Å². The van der Waals surface area contributed by atoms with E-state index < -0.39 is 0 Å². The van der Waals surface area contributed by atoms with E-state index in [0.717, 1.165) is 29.7 Å². The minimum Gasteiger partial charge on any atom is -0.371 e. The molecule has 2 N–H and O–H groups in total. The van der Waals surface area contributed by atoms with E-state index in [4.69, 9.17) is 5.73 Å². The molecule has 1 aliphatic heterocycles. The van der Waals surface area contributed by atoms with Crippen LogP contribution in [0.5, 0.6) is 0 Å². The van der Waals surface area contributed by atoms with Crippen molar-refractivity contribution < 1.29 is 4.79 Å². The summed E-state index contributed by atoms with van der Waals surface area (Å²) in [5, 5.41) is 0. The molecule has 0 unspecified atom stereocenters. The zero-order chi connectivity index (χ0) is 12.5. The summed E-state index contributed by atoms with van der Waals surface area (Å²) in [6.45, 7) is 1.56. The Morgan fingerprint density at radius 1 is 1.28 bits per heavy atom. The lowest BCUT2D eigenvalue weighted by Crippen LogP contribution is -2.27. The van der Waals surface area contributed by atoms with Crippen molar-refractivity contribution in [3.63, 3.8) is 0 Å². The van der Waals surface area contributed by atoms with Gasteiger partial charge in [-0.1, -0.05) is 0 Å². The van der Waals surface area contributed by atoms with Crippen molar-refractivity contribution in [3.05, 3.63) is 30.6 Å². The maximum absolute atomic E-state index is 11.2. The molecule has 1 aliphatic rings. The van der Waals surface area contributed by atoms with Crippen LogP contribution in [0, 0.1) is 5.92 Å². The summed E-state index contributed by atoms with van der Waals surface area (Å²) in [6, 6.07) is 5.97. The number of carbonyl (C=O) groups excluding carboxylic acids is 1. The second-order valence-electron chi connectivity index (χ2n) is 4.56. The molecule has 2 heterocycles. The minimum absolute atomic E-state index is 0.0393. The minimum atomic E-state index is -0.210. The van der Waals surface area contributed by atoms with Crippen LogP contribution in [0.15, 0.2) is 30.6 Å². The molecule has 1 saturated heterocycles. The maximum atomic E-state index is 11.2. The number of carbonyl (C=O) groups is 1. The van der Waals surface area contributed by atoms with Crippen molar-refractivity contribution in [1.29, 1.82) is 0 Å². The number of rotatable bonds is 2. The second kappa shape index (κ2) is 4.25. The van der Waals surface area contributed by atoms with Crippen LogP contribution in [-0.2, 0) is 4.79 Å². The number of anilines is 1. The third-order valence-corrected chi connectivity index (χ3v) is 3.41. The largest absolute Gasteiger partial charge is 0.371 e. The SMILES string of the molecule is NC(=O)[C@@H]1CCN(c2ccc3nccnc3c2)C1. The molecule has 18 heavy (non-hydrogen) atoms.